The van der Waals surface area contributed by atoms with E-state index in [1.54, 1.807) is 42.2 Å². The van der Waals surface area contributed by atoms with Gasteiger partial charge in [-0.1, -0.05) is 19.1 Å². The van der Waals surface area contributed by atoms with Crippen LogP contribution in [0.2, 0.25) is 0 Å². The van der Waals surface area contributed by atoms with E-state index in [4.69, 9.17) is 0 Å². The van der Waals surface area contributed by atoms with E-state index >= 15 is 0 Å². The molecule has 0 radical (unpaired) electrons. The van der Waals surface area contributed by atoms with Gasteiger partial charge in [-0.25, -0.2) is 22.9 Å². The summed E-state index contributed by atoms with van der Waals surface area (Å²) in [5, 5.41) is 7.87. The Morgan fingerprint density at radius 1 is 1.03 bits per heavy atom. The SMILES string of the molecule is CCS(=O)(=O)c1cccc(-c2ccc3cnc(Nc4ccc5ncn(C)c5c4)nn23)c1. The Hall–Kier alpha value is -3.72. The highest BCUT2D eigenvalue weighted by Gasteiger charge is 2.14. The number of hydrogen-bond donors (Lipinski definition) is 1. The van der Waals surface area contributed by atoms with Gasteiger partial charge in [0.1, 0.15) is 0 Å². The first-order valence-corrected chi connectivity index (χ1v) is 11.5. The third-order valence-corrected chi connectivity index (χ3v) is 6.98. The molecule has 8 nitrogen and oxygen atoms in total. The molecule has 9 heteroatoms. The molecule has 0 amide bonds. The molecule has 31 heavy (non-hydrogen) atoms. The number of imidazole rings is 1. The predicted molar refractivity (Wildman–Crippen MR) is 120 cm³/mol. The Kier molecular flexibility index (Phi) is 4.48. The summed E-state index contributed by atoms with van der Waals surface area (Å²) in [5.41, 5.74) is 5.14. The molecule has 0 atom stereocenters. The van der Waals surface area contributed by atoms with Crippen LogP contribution in [0.1, 0.15) is 6.92 Å². The number of sulfone groups is 1. The lowest BCUT2D eigenvalue weighted by Gasteiger charge is -2.08. The van der Waals surface area contributed by atoms with Gasteiger partial charge in [0, 0.05) is 18.3 Å². The van der Waals surface area contributed by atoms with E-state index in [1.165, 1.54) is 0 Å². The molecule has 0 unspecified atom stereocenters. The zero-order chi connectivity index (χ0) is 21.6. The highest BCUT2D eigenvalue weighted by Crippen LogP contribution is 2.26. The van der Waals surface area contributed by atoms with Crippen LogP contribution < -0.4 is 5.32 Å². The van der Waals surface area contributed by atoms with Gasteiger partial charge < -0.3 is 9.88 Å². The molecular weight excluding hydrogens is 412 g/mol. The summed E-state index contributed by atoms with van der Waals surface area (Å²) in [7, 11) is -1.35. The Labute approximate surface area is 179 Å². The van der Waals surface area contributed by atoms with Crippen LogP contribution in [0, 0.1) is 0 Å². The summed E-state index contributed by atoms with van der Waals surface area (Å²) >= 11 is 0. The van der Waals surface area contributed by atoms with Gasteiger partial charge in [-0.2, -0.15) is 0 Å². The molecule has 156 valence electrons. The monoisotopic (exact) mass is 432 g/mol. The van der Waals surface area contributed by atoms with Gasteiger partial charge >= 0.3 is 0 Å². The second-order valence-corrected chi connectivity index (χ2v) is 9.53. The van der Waals surface area contributed by atoms with Gasteiger partial charge in [-0.05, 0) is 42.5 Å². The van der Waals surface area contributed by atoms with Crippen LogP contribution in [0.25, 0.3) is 27.8 Å². The molecule has 0 aliphatic rings. The number of rotatable bonds is 5. The number of aryl methyl sites for hydroxylation is 1. The standard InChI is InChI=1S/C22H20N6O2S/c1-3-31(29,30)18-6-4-5-15(11-18)20-10-8-17-13-23-22(26-28(17)20)25-16-7-9-19-21(12-16)27(2)14-24-19/h4-14H,3H2,1-2H3,(H,25,26). The van der Waals surface area contributed by atoms with Gasteiger partial charge in [0.15, 0.2) is 9.84 Å². The van der Waals surface area contributed by atoms with E-state index in [1.807, 2.05) is 48.0 Å². The van der Waals surface area contributed by atoms with Crippen LogP contribution in [-0.4, -0.2) is 38.3 Å². The van der Waals surface area contributed by atoms with Crippen molar-refractivity contribution in [1.82, 2.24) is 24.1 Å². The lowest BCUT2D eigenvalue weighted by molar-refractivity contribution is 0.597. The predicted octanol–water partition coefficient (Wildman–Crippen LogP) is 3.82. The fraction of sp³-hybridized carbons (Fsp3) is 0.136. The molecule has 3 aromatic heterocycles. The Balaban J connectivity index is 1.54. The van der Waals surface area contributed by atoms with Crippen LogP contribution >= 0.6 is 0 Å². The molecule has 0 spiro atoms. The van der Waals surface area contributed by atoms with Crippen LogP contribution in [-0.2, 0) is 16.9 Å². The molecule has 3 heterocycles. The minimum atomic E-state index is -3.29. The van der Waals surface area contributed by atoms with E-state index in [9.17, 15) is 8.42 Å². The van der Waals surface area contributed by atoms with Gasteiger partial charge in [0.25, 0.3) is 0 Å². The summed E-state index contributed by atoms with van der Waals surface area (Å²) in [6, 6.07) is 16.6. The molecule has 5 aromatic rings. The van der Waals surface area contributed by atoms with Crippen LogP contribution in [0.4, 0.5) is 11.6 Å². The van der Waals surface area contributed by atoms with E-state index in [0.717, 1.165) is 33.5 Å². The highest BCUT2D eigenvalue weighted by molar-refractivity contribution is 7.91. The summed E-state index contributed by atoms with van der Waals surface area (Å²) in [5.74, 6) is 0.492. The van der Waals surface area contributed by atoms with Crippen molar-refractivity contribution in [2.24, 2.45) is 7.05 Å². The Bertz CT molecular complexity index is 1530. The zero-order valence-corrected chi connectivity index (χ0v) is 17.8. The second-order valence-electron chi connectivity index (χ2n) is 7.25. The van der Waals surface area contributed by atoms with Gasteiger partial charge in [0.2, 0.25) is 5.95 Å². The first-order valence-electron chi connectivity index (χ1n) is 9.81. The van der Waals surface area contributed by atoms with Crippen molar-refractivity contribution in [2.45, 2.75) is 11.8 Å². The van der Waals surface area contributed by atoms with E-state index in [0.29, 0.717) is 10.8 Å². The Morgan fingerprint density at radius 2 is 1.90 bits per heavy atom. The molecule has 0 saturated carbocycles. The fourth-order valence-corrected chi connectivity index (χ4v) is 4.45. The van der Waals surface area contributed by atoms with Crippen LogP contribution in [0.15, 0.2) is 72.0 Å². The van der Waals surface area contributed by atoms with Gasteiger partial charge in [-0.3, -0.25) is 0 Å². The second kappa shape index (κ2) is 7.21. The van der Waals surface area contributed by atoms with Crippen molar-refractivity contribution >= 4 is 38.0 Å². The minimum Gasteiger partial charge on any atom is -0.334 e. The number of fused-ring (bicyclic) bond motifs is 2. The topological polar surface area (TPSA) is 94.2 Å². The molecular formula is C22H20N6O2S. The van der Waals surface area contributed by atoms with E-state index in [-0.39, 0.29) is 5.75 Å². The number of anilines is 2. The largest absolute Gasteiger partial charge is 0.334 e. The normalized spacial score (nSPS) is 11.9. The van der Waals surface area contributed by atoms with Crippen molar-refractivity contribution < 1.29 is 8.42 Å². The van der Waals surface area contributed by atoms with Crippen molar-refractivity contribution in [3.05, 3.63) is 67.1 Å². The zero-order valence-electron chi connectivity index (χ0n) is 17.0. The molecule has 0 fully saturated rings. The number of nitrogens with one attached hydrogen (secondary N) is 1. The molecule has 5 rings (SSSR count). The van der Waals surface area contributed by atoms with Gasteiger partial charge in [-0.15, -0.1) is 5.10 Å². The number of nitrogens with zero attached hydrogens (tertiary/aromatic N) is 5. The smallest absolute Gasteiger partial charge is 0.245 e. The molecule has 1 N–H and O–H groups in total. The average Bonchev–Trinajstić information content (AvgIpc) is 3.37. The molecule has 2 aromatic carbocycles. The molecule has 0 aliphatic carbocycles. The van der Waals surface area contributed by atoms with Gasteiger partial charge in [0.05, 0.1) is 45.4 Å². The summed E-state index contributed by atoms with van der Waals surface area (Å²) < 4.78 is 28.3. The number of aromatic nitrogens is 5. The maximum atomic E-state index is 12.3. The van der Waals surface area contributed by atoms with Crippen molar-refractivity contribution in [2.75, 3.05) is 11.1 Å². The van der Waals surface area contributed by atoms with E-state index in [2.05, 4.69) is 20.4 Å². The summed E-state index contributed by atoms with van der Waals surface area (Å²) in [4.78, 5) is 9.05. The van der Waals surface area contributed by atoms with Crippen molar-refractivity contribution in [1.29, 1.82) is 0 Å². The highest BCUT2D eigenvalue weighted by atomic mass is 32.2. The molecule has 0 saturated heterocycles. The Morgan fingerprint density at radius 3 is 2.74 bits per heavy atom. The van der Waals surface area contributed by atoms with Crippen molar-refractivity contribution in [3.8, 4) is 11.3 Å². The van der Waals surface area contributed by atoms with Crippen LogP contribution in [0.5, 0.6) is 0 Å². The summed E-state index contributed by atoms with van der Waals surface area (Å²) in [6.07, 6.45) is 3.50. The fourth-order valence-electron chi connectivity index (χ4n) is 3.53. The maximum absolute atomic E-state index is 12.3. The first kappa shape index (κ1) is 19.3. The third-order valence-electron chi connectivity index (χ3n) is 5.25. The van der Waals surface area contributed by atoms with E-state index < -0.39 is 9.84 Å². The van der Waals surface area contributed by atoms with Crippen LogP contribution in [0.3, 0.4) is 0 Å². The third kappa shape index (κ3) is 3.42. The lowest BCUT2D eigenvalue weighted by atomic mass is 10.2. The van der Waals surface area contributed by atoms with Crippen molar-refractivity contribution in [3.63, 3.8) is 0 Å². The lowest BCUT2D eigenvalue weighted by Crippen LogP contribution is -2.05. The maximum Gasteiger partial charge on any atom is 0.245 e. The summed E-state index contributed by atoms with van der Waals surface area (Å²) in [6.45, 7) is 1.64. The average molecular weight is 433 g/mol. The first-order chi connectivity index (χ1) is 14.9. The quantitative estimate of drug-likeness (QED) is 0.454. The molecule has 0 aliphatic heterocycles. The number of hydrogen-bond acceptors (Lipinski definition) is 6. The minimum absolute atomic E-state index is 0.0581. The number of benzene rings is 2. The molecule has 0 bridgehead atoms.